The fraction of sp³-hybridized carbons (Fsp3) is 0.333. The van der Waals surface area contributed by atoms with Crippen LogP contribution in [0.15, 0.2) is 51.6 Å². The third-order valence-corrected chi connectivity index (χ3v) is 7.29. The van der Waals surface area contributed by atoms with Crippen LogP contribution in [0, 0.1) is 0 Å². The van der Waals surface area contributed by atoms with Crippen LogP contribution in [0.3, 0.4) is 0 Å². The van der Waals surface area contributed by atoms with E-state index < -0.39 is 17.8 Å². The number of hydrogen-bond acceptors (Lipinski definition) is 6. The lowest BCUT2D eigenvalue weighted by molar-refractivity contribution is -0.136. The summed E-state index contributed by atoms with van der Waals surface area (Å²) in [7, 11) is 1.28. The van der Waals surface area contributed by atoms with Gasteiger partial charge in [0.05, 0.1) is 34.8 Å². The standard InChI is InChI=1S/C27H27Cl2N3O6/c1-15-23(27(36)37-2)20(26(35)32(15)17-6-4-3-5-7-17)13-18-9-10-19(38-18)14-30-24(33)25(34)31-16-8-11-21(28)22(29)12-16/h8-13,17H,3-7,14H2,1-2H3,(H,30,33)(H,31,34). The molecule has 0 saturated heterocycles. The molecular formula is C27H27Cl2N3O6. The van der Waals surface area contributed by atoms with Crippen LogP contribution in [-0.4, -0.2) is 41.7 Å². The molecule has 1 aromatic carbocycles. The molecule has 1 saturated carbocycles. The molecule has 0 radical (unpaired) electrons. The fourth-order valence-electron chi connectivity index (χ4n) is 4.70. The van der Waals surface area contributed by atoms with Gasteiger partial charge < -0.3 is 24.7 Å². The Kier molecular flexibility index (Phi) is 8.58. The number of anilines is 1. The number of nitrogens with one attached hydrogen (secondary N) is 2. The maximum Gasteiger partial charge on any atom is 0.340 e. The number of rotatable bonds is 6. The van der Waals surface area contributed by atoms with Gasteiger partial charge in [-0.05, 0) is 56.2 Å². The number of benzene rings is 1. The summed E-state index contributed by atoms with van der Waals surface area (Å²) >= 11 is 11.8. The second kappa shape index (κ2) is 11.9. The Morgan fingerprint density at radius 3 is 2.50 bits per heavy atom. The summed E-state index contributed by atoms with van der Waals surface area (Å²) in [5.41, 5.74) is 1.31. The van der Waals surface area contributed by atoms with Crippen molar-refractivity contribution in [1.29, 1.82) is 0 Å². The molecule has 11 heteroatoms. The SMILES string of the molecule is COC(=O)C1=C(C)N(C2CCCCC2)C(=O)C1=Cc1ccc(CNC(=O)C(=O)Nc2ccc(Cl)c(Cl)c2)o1. The Labute approximate surface area is 229 Å². The maximum atomic E-state index is 13.4. The molecule has 38 heavy (non-hydrogen) atoms. The number of amides is 3. The zero-order valence-corrected chi connectivity index (χ0v) is 22.4. The van der Waals surface area contributed by atoms with E-state index in [1.54, 1.807) is 24.0 Å². The summed E-state index contributed by atoms with van der Waals surface area (Å²) in [6, 6.07) is 7.71. The van der Waals surface area contributed by atoms with Gasteiger partial charge in [0.15, 0.2) is 0 Å². The van der Waals surface area contributed by atoms with Gasteiger partial charge in [-0.1, -0.05) is 42.5 Å². The first-order valence-corrected chi connectivity index (χ1v) is 12.9. The van der Waals surface area contributed by atoms with E-state index in [0.29, 0.717) is 27.9 Å². The number of methoxy groups -OCH3 is 1. The normalized spacial score (nSPS) is 17.2. The van der Waals surface area contributed by atoms with E-state index in [2.05, 4.69) is 10.6 Å². The second-order valence-corrected chi connectivity index (χ2v) is 9.86. The summed E-state index contributed by atoms with van der Waals surface area (Å²) < 4.78 is 10.7. The molecule has 1 aliphatic carbocycles. The Bertz CT molecular complexity index is 1340. The number of esters is 1. The van der Waals surface area contributed by atoms with Crippen molar-refractivity contribution in [1.82, 2.24) is 10.2 Å². The molecule has 1 aromatic heterocycles. The molecule has 2 heterocycles. The van der Waals surface area contributed by atoms with Crippen LogP contribution in [-0.2, 0) is 30.5 Å². The highest BCUT2D eigenvalue weighted by Gasteiger charge is 2.40. The molecule has 3 amide bonds. The number of halogens is 2. The number of hydrogen-bond donors (Lipinski definition) is 2. The van der Waals surface area contributed by atoms with E-state index >= 15 is 0 Å². The molecule has 1 fully saturated rings. The first-order chi connectivity index (χ1) is 18.2. The highest BCUT2D eigenvalue weighted by atomic mass is 35.5. The third-order valence-electron chi connectivity index (χ3n) is 6.55. The highest BCUT2D eigenvalue weighted by molar-refractivity contribution is 6.43. The quantitative estimate of drug-likeness (QED) is 0.297. The Morgan fingerprint density at radius 1 is 1.08 bits per heavy atom. The maximum absolute atomic E-state index is 13.4. The van der Waals surface area contributed by atoms with Crippen molar-refractivity contribution in [3.63, 3.8) is 0 Å². The van der Waals surface area contributed by atoms with Crippen molar-refractivity contribution in [2.45, 2.75) is 51.6 Å². The number of carbonyl (C=O) groups is 4. The minimum Gasteiger partial charge on any atom is -0.465 e. The number of allylic oxidation sites excluding steroid dienone is 1. The average molecular weight is 560 g/mol. The second-order valence-electron chi connectivity index (χ2n) is 9.05. The zero-order valence-electron chi connectivity index (χ0n) is 20.9. The fourth-order valence-corrected chi connectivity index (χ4v) is 4.99. The zero-order chi connectivity index (χ0) is 27.4. The topological polar surface area (TPSA) is 118 Å². The van der Waals surface area contributed by atoms with Gasteiger partial charge in [0.2, 0.25) is 0 Å². The average Bonchev–Trinajstić information content (AvgIpc) is 3.46. The molecule has 0 atom stereocenters. The van der Waals surface area contributed by atoms with E-state index in [9.17, 15) is 19.2 Å². The molecule has 1 aliphatic heterocycles. The number of ether oxygens (including phenoxy) is 1. The first kappa shape index (κ1) is 27.5. The largest absolute Gasteiger partial charge is 0.465 e. The van der Waals surface area contributed by atoms with Crippen molar-refractivity contribution in [3.05, 3.63) is 68.7 Å². The molecular weight excluding hydrogens is 533 g/mol. The van der Waals surface area contributed by atoms with E-state index in [0.717, 1.165) is 32.1 Å². The molecule has 9 nitrogen and oxygen atoms in total. The lowest BCUT2D eigenvalue weighted by atomic mass is 9.94. The first-order valence-electron chi connectivity index (χ1n) is 12.2. The van der Waals surface area contributed by atoms with Crippen molar-refractivity contribution < 1.29 is 28.3 Å². The molecule has 2 N–H and O–H groups in total. The molecule has 200 valence electrons. The summed E-state index contributed by atoms with van der Waals surface area (Å²) in [6.45, 7) is 1.68. The minimum atomic E-state index is -0.889. The molecule has 2 aliphatic rings. The molecule has 2 aromatic rings. The number of carbonyl (C=O) groups excluding carboxylic acids is 4. The number of furan rings is 1. The van der Waals surface area contributed by atoms with Crippen LogP contribution in [0.4, 0.5) is 5.69 Å². The summed E-state index contributed by atoms with van der Waals surface area (Å²) in [6.07, 6.45) is 6.47. The smallest absolute Gasteiger partial charge is 0.340 e. The summed E-state index contributed by atoms with van der Waals surface area (Å²) in [4.78, 5) is 52.1. The molecule has 0 spiro atoms. The predicted molar refractivity (Wildman–Crippen MR) is 142 cm³/mol. The van der Waals surface area contributed by atoms with E-state index in [4.69, 9.17) is 32.4 Å². The number of nitrogens with zero attached hydrogens (tertiary/aromatic N) is 1. The Hall–Kier alpha value is -3.56. The lowest BCUT2D eigenvalue weighted by Crippen LogP contribution is -2.37. The van der Waals surface area contributed by atoms with Gasteiger partial charge in [0.1, 0.15) is 11.5 Å². The van der Waals surface area contributed by atoms with Crippen LogP contribution < -0.4 is 10.6 Å². The molecule has 4 rings (SSSR count). The molecule has 0 unspecified atom stereocenters. The van der Waals surface area contributed by atoms with Crippen LogP contribution in [0.5, 0.6) is 0 Å². The monoisotopic (exact) mass is 559 g/mol. The van der Waals surface area contributed by atoms with Crippen LogP contribution in [0.1, 0.15) is 50.5 Å². The Morgan fingerprint density at radius 2 is 1.82 bits per heavy atom. The van der Waals surface area contributed by atoms with Gasteiger partial charge in [-0.25, -0.2) is 4.79 Å². The van der Waals surface area contributed by atoms with Crippen molar-refractivity contribution in [2.75, 3.05) is 12.4 Å². The van der Waals surface area contributed by atoms with Gasteiger partial charge in [-0.3, -0.25) is 14.4 Å². The third kappa shape index (κ3) is 5.95. The van der Waals surface area contributed by atoms with Crippen LogP contribution in [0.25, 0.3) is 6.08 Å². The predicted octanol–water partition coefficient (Wildman–Crippen LogP) is 4.85. The van der Waals surface area contributed by atoms with Gasteiger partial charge in [0.25, 0.3) is 5.91 Å². The van der Waals surface area contributed by atoms with E-state index in [1.165, 1.54) is 31.4 Å². The van der Waals surface area contributed by atoms with Gasteiger partial charge >= 0.3 is 17.8 Å². The van der Waals surface area contributed by atoms with Crippen molar-refractivity contribution in [2.24, 2.45) is 0 Å². The van der Waals surface area contributed by atoms with Gasteiger partial charge in [0, 0.05) is 17.4 Å². The molecule has 0 bridgehead atoms. The summed E-state index contributed by atoms with van der Waals surface area (Å²) in [5.74, 6) is -1.96. The van der Waals surface area contributed by atoms with Gasteiger partial charge in [-0.15, -0.1) is 0 Å². The van der Waals surface area contributed by atoms with Crippen molar-refractivity contribution in [3.8, 4) is 0 Å². The van der Waals surface area contributed by atoms with Crippen LogP contribution in [0.2, 0.25) is 10.0 Å². The van der Waals surface area contributed by atoms with E-state index in [-0.39, 0.29) is 34.7 Å². The van der Waals surface area contributed by atoms with Crippen LogP contribution >= 0.6 is 23.2 Å². The summed E-state index contributed by atoms with van der Waals surface area (Å²) in [5, 5.41) is 5.47. The van der Waals surface area contributed by atoms with Gasteiger partial charge in [-0.2, -0.15) is 0 Å². The highest BCUT2D eigenvalue weighted by Crippen LogP contribution is 2.37. The minimum absolute atomic E-state index is 0.0409. The van der Waals surface area contributed by atoms with Crippen molar-refractivity contribution >= 4 is 58.7 Å². The Balaban J connectivity index is 1.44. The lowest BCUT2D eigenvalue weighted by Gasteiger charge is -2.32. The van der Waals surface area contributed by atoms with E-state index in [1.807, 2.05) is 0 Å².